The van der Waals surface area contributed by atoms with Gasteiger partial charge in [0.15, 0.2) is 0 Å². The number of fused-ring (bicyclic) bond motifs is 1. The number of carbonyl (C=O) groups is 1. The molecule has 0 bridgehead atoms. The van der Waals surface area contributed by atoms with E-state index in [2.05, 4.69) is 4.98 Å². The van der Waals surface area contributed by atoms with E-state index in [1.165, 1.54) is 0 Å². The van der Waals surface area contributed by atoms with Crippen LogP contribution in [0.4, 0.5) is 0 Å². The van der Waals surface area contributed by atoms with Gasteiger partial charge in [0.1, 0.15) is 5.69 Å². The molecule has 106 valence electrons. The summed E-state index contributed by atoms with van der Waals surface area (Å²) in [5.41, 5.74) is -0.481. The highest BCUT2D eigenvalue weighted by atomic mass is 16.3. The Kier molecular flexibility index (Phi) is 4.04. The lowest BCUT2D eigenvalue weighted by Crippen LogP contribution is -2.42. The average molecular weight is 272 g/mol. The van der Waals surface area contributed by atoms with E-state index in [0.29, 0.717) is 12.2 Å². The Balaban J connectivity index is 2.40. The third-order valence-corrected chi connectivity index (χ3v) is 3.12. The van der Waals surface area contributed by atoms with Crippen LogP contribution >= 0.6 is 0 Å². The molecule has 0 saturated heterocycles. The van der Waals surface area contributed by atoms with Gasteiger partial charge in [0.05, 0.1) is 5.60 Å². The van der Waals surface area contributed by atoms with Gasteiger partial charge >= 0.3 is 0 Å². The second-order valence-electron chi connectivity index (χ2n) is 5.51. The topological polar surface area (TPSA) is 53.4 Å². The molecule has 0 unspecified atom stereocenters. The zero-order valence-corrected chi connectivity index (χ0v) is 12.1. The molecular formula is C16H20N2O2. The Hall–Kier alpha value is -1.94. The fourth-order valence-corrected chi connectivity index (χ4v) is 2.23. The Morgan fingerprint density at radius 2 is 2.00 bits per heavy atom. The summed E-state index contributed by atoms with van der Waals surface area (Å²) in [6.07, 6.45) is 1.65. The fraction of sp³-hybridized carbons (Fsp3) is 0.375. The van der Waals surface area contributed by atoms with Crippen molar-refractivity contribution in [1.29, 1.82) is 0 Å². The predicted octanol–water partition coefficient (Wildman–Crippen LogP) is 2.47. The molecule has 0 fully saturated rings. The lowest BCUT2D eigenvalue weighted by molar-refractivity contribution is 0.0313. The van der Waals surface area contributed by atoms with Crippen LogP contribution in [-0.4, -0.2) is 39.6 Å². The Labute approximate surface area is 119 Å². The summed E-state index contributed by atoms with van der Waals surface area (Å²) in [4.78, 5) is 18.5. The van der Waals surface area contributed by atoms with Crippen molar-refractivity contribution in [1.82, 2.24) is 9.88 Å². The number of likely N-dealkylation sites (N-methyl/N-ethyl adjacent to an activating group) is 1. The lowest BCUT2D eigenvalue weighted by Gasteiger charge is -2.28. The van der Waals surface area contributed by atoms with Gasteiger partial charge in [0.25, 0.3) is 5.91 Å². The van der Waals surface area contributed by atoms with E-state index in [4.69, 9.17) is 0 Å². The molecule has 4 nitrogen and oxygen atoms in total. The smallest absolute Gasteiger partial charge is 0.273 e. The third kappa shape index (κ3) is 3.14. The molecule has 0 atom stereocenters. The van der Waals surface area contributed by atoms with Crippen LogP contribution in [0.5, 0.6) is 0 Å². The van der Waals surface area contributed by atoms with Gasteiger partial charge in [0.2, 0.25) is 0 Å². The molecule has 1 N–H and O–H groups in total. The number of hydrogen-bond donors (Lipinski definition) is 1. The summed E-state index contributed by atoms with van der Waals surface area (Å²) < 4.78 is 0. The van der Waals surface area contributed by atoms with E-state index >= 15 is 0 Å². The first-order valence-corrected chi connectivity index (χ1v) is 6.78. The van der Waals surface area contributed by atoms with Gasteiger partial charge in [-0.2, -0.15) is 0 Å². The molecule has 1 aromatic carbocycles. The minimum atomic E-state index is -0.920. The van der Waals surface area contributed by atoms with Crippen LogP contribution in [0.3, 0.4) is 0 Å². The van der Waals surface area contributed by atoms with Crippen molar-refractivity contribution >= 4 is 16.7 Å². The minimum Gasteiger partial charge on any atom is -0.389 e. The average Bonchev–Trinajstić information content (AvgIpc) is 2.42. The van der Waals surface area contributed by atoms with Crippen molar-refractivity contribution in [3.05, 3.63) is 42.2 Å². The van der Waals surface area contributed by atoms with E-state index in [1.54, 1.807) is 24.9 Å². The molecule has 0 saturated carbocycles. The van der Waals surface area contributed by atoms with Crippen molar-refractivity contribution < 1.29 is 9.90 Å². The monoisotopic (exact) mass is 272 g/mol. The number of pyridine rings is 1. The Bertz CT molecular complexity index is 612. The van der Waals surface area contributed by atoms with Crippen molar-refractivity contribution in [2.45, 2.75) is 26.4 Å². The molecule has 1 heterocycles. The second kappa shape index (κ2) is 5.59. The van der Waals surface area contributed by atoms with Crippen LogP contribution in [0.15, 0.2) is 36.5 Å². The molecule has 4 heteroatoms. The van der Waals surface area contributed by atoms with Gasteiger partial charge in [-0.15, -0.1) is 0 Å². The standard InChI is InChI=1S/C16H20N2O2/c1-4-18(11-16(2,3)20)15(19)14-13-8-6-5-7-12(13)9-10-17-14/h5-10,20H,4,11H2,1-3H3. The molecule has 1 amide bonds. The number of aliphatic hydroxyl groups is 1. The number of rotatable bonds is 4. The fourth-order valence-electron chi connectivity index (χ4n) is 2.23. The third-order valence-electron chi connectivity index (χ3n) is 3.12. The van der Waals surface area contributed by atoms with Gasteiger partial charge < -0.3 is 10.0 Å². The molecule has 2 aromatic rings. The normalized spacial score (nSPS) is 11.6. The first-order valence-electron chi connectivity index (χ1n) is 6.78. The van der Waals surface area contributed by atoms with Crippen molar-refractivity contribution in [2.24, 2.45) is 0 Å². The van der Waals surface area contributed by atoms with E-state index in [9.17, 15) is 9.90 Å². The number of carbonyl (C=O) groups excluding carboxylic acids is 1. The molecule has 0 radical (unpaired) electrons. The van der Waals surface area contributed by atoms with E-state index < -0.39 is 5.60 Å². The highest BCUT2D eigenvalue weighted by molar-refractivity contribution is 6.05. The maximum absolute atomic E-state index is 12.6. The number of hydrogen-bond acceptors (Lipinski definition) is 3. The Morgan fingerprint density at radius 3 is 2.65 bits per heavy atom. The van der Waals surface area contributed by atoms with Crippen molar-refractivity contribution in [3.8, 4) is 0 Å². The number of amides is 1. The van der Waals surface area contributed by atoms with Crippen LogP contribution in [0, 0.1) is 0 Å². The number of nitrogens with zero attached hydrogens (tertiary/aromatic N) is 2. The quantitative estimate of drug-likeness (QED) is 0.930. The molecule has 2 rings (SSSR count). The van der Waals surface area contributed by atoms with Crippen molar-refractivity contribution in [2.75, 3.05) is 13.1 Å². The van der Waals surface area contributed by atoms with Crippen LogP contribution in [0.25, 0.3) is 10.8 Å². The van der Waals surface area contributed by atoms with Gasteiger partial charge in [-0.05, 0) is 32.2 Å². The number of benzene rings is 1. The van der Waals surface area contributed by atoms with Crippen LogP contribution < -0.4 is 0 Å². The van der Waals surface area contributed by atoms with E-state index in [-0.39, 0.29) is 12.5 Å². The molecule has 20 heavy (non-hydrogen) atoms. The molecule has 0 aliphatic heterocycles. The first-order chi connectivity index (χ1) is 9.42. The maximum Gasteiger partial charge on any atom is 0.273 e. The maximum atomic E-state index is 12.6. The summed E-state index contributed by atoms with van der Waals surface area (Å²) in [6, 6.07) is 9.57. The zero-order chi connectivity index (χ0) is 14.8. The van der Waals surface area contributed by atoms with E-state index in [1.807, 2.05) is 37.3 Å². The predicted molar refractivity (Wildman–Crippen MR) is 79.6 cm³/mol. The van der Waals surface area contributed by atoms with Crippen molar-refractivity contribution in [3.63, 3.8) is 0 Å². The molecule has 1 aromatic heterocycles. The van der Waals surface area contributed by atoms with Gasteiger partial charge in [-0.3, -0.25) is 9.78 Å². The number of aromatic nitrogens is 1. The van der Waals surface area contributed by atoms with Crippen LogP contribution in [-0.2, 0) is 0 Å². The lowest BCUT2D eigenvalue weighted by atomic mass is 10.1. The highest BCUT2D eigenvalue weighted by Crippen LogP contribution is 2.18. The first kappa shape index (κ1) is 14.5. The SMILES string of the molecule is CCN(CC(C)(C)O)C(=O)c1nccc2ccccc12. The molecule has 0 spiro atoms. The molecule has 0 aliphatic rings. The molecular weight excluding hydrogens is 252 g/mol. The van der Waals surface area contributed by atoms with Gasteiger partial charge in [-0.25, -0.2) is 0 Å². The zero-order valence-electron chi connectivity index (χ0n) is 12.1. The van der Waals surface area contributed by atoms with Gasteiger partial charge in [-0.1, -0.05) is 24.3 Å². The molecule has 0 aliphatic carbocycles. The summed E-state index contributed by atoms with van der Waals surface area (Å²) in [6.45, 7) is 6.11. The second-order valence-corrected chi connectivity index (χ2v) is 5.51. The van der Waals surface area contributed by atoms with Gasteiger partial charge in [0, 0.05) is 24.7 Å². The summed E-state index contributed by atoms with van der Waals surface area (Å²) in [5.74, 6) is -0.147. The summed E-state index contributed by atoms with van der Waals surface area (Å²) in [5, 5.41) is 11.7. The summed E-state index contributed by atoms with van der Waals surface area (Å²) in [7, 11) is 0. The largest absolute Gasteiger partial charge is 0.389 e. The van der Waals surface area contributed by atoms with Crippen LogP contribution in [0.2, 0.25) is 0 Å². The Morgan fingerprint density at radius 1 is 1.30 bits per heavy atom. The summed E-state index contributed by atoms with van der Waals surface area (Å²) >= 11 is 0. The minimum absolute atomic E-state index is 0.147. The van der Waals surface area contributed by atoms with E-state index in [0.717, 1.165) is 10.8 Å². The van der Waals surface area contributed by atoms with Crippen LogP contribution in [0.1, 0.15) is 31.3 Å². The highest BCUT2D eigenvalue weighted by Gasteiger charge is 2.24.